The van der Waals surface area contributed by atoms with Crippen molar-refractivity contribution in [2.45, 2.75) is 82.8 Å². The van der Waals surface area contributed by atoms with Gasteiger partial charge in [-0.15, -0.1) is 0 Å². The monoisotopic (exact) mass is 350 g/mol. The minimum Gasteiger partial charge on any atom is -0.371 e. The number of hydrogen-bond donors (Lipinski definition) is 0. The van der Waals surface area contributed by atoms with Crippen LogP contribution in [0.2, 0.25) is 0 Å². The van der Waals surface area contributed by atoms with E-state index in [-0.39, 0.29) is 5.60 Å². The molecule has 0 N–H and O–H groups in total. The van der Waals surface area contributed by atoms with Crippen molar-refractivity contribution in [2.75, 3.05) is 4.43 Å². The van der Waals surface area contributed by atoms with Gasteiger partial charge in [0.1, 0.15) is 0 Å². The summed E-state index contributed by atoms with van der Waals surface area (Å²) in [5.41, 5.74) is 0.235. The zero-order chi connectivity index (χ0) is 12.1. The van der Waals surface area contributed by atoms with Crippen LogP contribution in [0.15, 0.2) is 0 Å². The van der Waals surface area contributed by atoms with Crippen molar-refractivity contribution in [3.8, 4) is 0 Å². The van der Waals surface area contributed by atoms with Gasteiger partial charge in [0, 0.05) is 4.43 Å². The number of alkyl halides is 1. The number of halogens is 1. The van der Waals surface area contributed by atoms with Crippen LogP contribution in [0, 0.1) is 5.92 Å². The van der Waals surface area contributed by atoms with Crippen LogP contribution in [0.5, 0.6) is 0 Å². The SMILES string of the molecule is CC1CCCC(OC2(CI)CCCCCC2)C1. The van der Waals surface area contributed by atoms with E-state index in [9.17, 15) is 0 Å². The molecule has 0 aromatic heterocycles. The topological polar surface area (TPSA) is 9.23 Å². The Morgan fingerprint density at radius 1 is 1.06 bits per heavy atom. The Morgan fingerprint density at radius 2 is 1.76 bits per heavy atom. The summed E-state index contributed by atoms with van der Waals surface area (Å²) in [4.78, 5) is 0. The smallest absolute Gasteiger partial charge is 0.0775 e. The molecule has 17 heavy (non-hydrogen) atoms. The zero-order valence-corrected chi connectivity index (χ0v) is 13.4. The van der Waals surface area contributed by atoms with Crippen LogP contribution in [0.25, 0.3) is 0 Å². The van der Waals surface area contributed by atoms with E-state index in [1.807, 2.05) is 0 Å². The first-order valence-electron chi connectivity index (χ1n) is 7.48. The molecule has 2 heteroatoms. The van der Waals surface area contributed by atoms with Gasteiger partial charge in [0.05, 0.1) is 11.7 Å². The van der Waals surface area contributed by atoms with Crippen molar-refractivity contribution in [1.29, 1.82) is 0 Å². The Balaban J connectivity index is 1.92. The molecule has 0 spiro atoms. The van der Waals surface area contributed by atoms with Gasteiger partial charge in [-0.1, -0.05) is 68.0 Å². The molecule has 2 fully saturated rings. The highest BCUT2D eigenvalue weighted by Gasteiger charge is 2.34. The Morgan fingerprint density at radius 3 is 2.35 bits per heavy atom. The predicted octanol–water partition coefficient (Wildman–Crippen LogP) is 5.11. The summed E-state index contributed by atoms with van der Waals surface area (Å²) in [7, 11) is 0. The van der Waals surface area contributed by atoms with Crippen LogP contribution in [0.4, 0.5) is 0 Å². The number of rotatable bonds is 3. The van der Waals surface area contributed by atoms with E-state index in [1.165, 1.54) is 68.6 Å². The number of hydrogen-bond acceptors (Lipinski definition) is 1. The second-order valence-electron chi connectivity index (χ2n) is 6.24. The van der Waals surface area contributed by atoms with E-state index in [0.717, 1.165) is 5.92 Å². The van der Waals surface area contributed by atoms with Crippen LogP contribution in [0.3, 0.4) is 0 Å². The Kier molecular flexibility index (Phi) is 5.59. The molecule has 2 aliphatic rings. The molecule has 2 unspecified atom stereocenters. The zero-order valence-electron chi connectivity index (χ0n) is 11.2. The number of ether oxygens (including phenoxy) is 1. The molecule has 0 heterocycles. The third-order valence-corrected chi connectivity index (χ3v) is 5.95. The maximum Gasteiger partial charge on any atom is 0.0775 e. The van der Waals surface area contributed by atoms with E-state index < -0.39 is 0 Å². The van der Waals surface area contributed by atoms with Gasteiger partial charge in [0.2, 0.25) is 0 Å². The summed E-state index contributed by atoms with van der Waals surface area (Å²) in [6.45, 7) is 2.39. The second kappa shape index (κ2) is 6.74. The Hall–Kier alpha value is 0.690. The first-order valence-corrected chi connectivity index (χ1v) is 9.00. The molecule has 0 radical (unpaired) electrons. The van der Waals surface area contributed by atoms with Crippen LogP contribution in [0.1, 0.15) is 71.1 Å². The summed E-state index contributed by atoms with van der Waals surface area (Å²) in [5, 5.41) is 0. The minimum absolute atomic E-state index is 0.235. The second-order valence-corrected chi connectivity index (χ2v) is 7.01. The highest BCUT2D eigenvalue weighted by Crippen LogP contribution is 2.37. The van der Waals surface area contributed by atoms with Crippen molar-refractivity contribution in [3.63, 3.8) is 0 Å². The van der Waals surface area contributed by atoms with Crippen molar-refractivity contribution < 1.29 is 4.74 Å². The lowest BCUT2D eigenvalue weighted by Crippen LogP contribution is -2.39. The molecule has 0 aliphatic heterocycles. The fourth-order valence-corrected chi connectivity index (χ4v) is 4.44. The van der Waals surface area contributed by atoms with Crippen LogP contribution in [-0.4, -0.2) is 16.1 Å². The lowest BCUT2D eigenvalue weighted by Gasteiger charge is -2.38. The summed E-state index contributed by atoms with van der Waals surface area (Å²) < 4.78 is 7.80. The average molecular weight is 350 g/mol. The molecule has 0 saturated heterocycles. The van der Waals surface area contributed by atoms with Gasteiger partial charge >= 0.3 is 0 Å². The first-order chi connectivity index (χ1) is 8.24. The standard InChI is InChI=1S/C15H27IO/c1-13-7-6-8-14(11-13)17-15(12-16)9-4-2-3-5-10-15/h13-14H,2-12H2,1H3. The van der Waals surface area contributed by atoms with Gasteiger partial charge in [-0.25, -0.2) is 0 Å². The lowest BCUT2D eigenvalue weighted by molar-refractivity contribution is -0.103. The largest absolute Gasteiger partial charge is 0.371 e. The van der Waals surface area contributed by atoms with Gasteiger partial charge in [0.15, 0.2) is 0 Å². The van der Waals surface area contributed by atoms with Crippen molar-refractivity contribution in [3.05, 3.63) is 0 Å². The summed E-state index contributed by atoms with van der Waals surface area (Å²) in [6.07, 6.45) is 14.2. The molecule has 0 amide bonds. The van der Waals surface area contributed by atoms with Crippen LogP contribution < -0.4 is 0 Å². The van der Waals surface area contributed by atoms with Crippen molar-refractivity contribution in [1.82, 2.24) is 0 Å². The molecular weight excluding hydrogens is 323 g/mol. The van der Waals surface area contributed by atoms with E-state index >= 15 is 0 Å². The minimum atomic E-state index is 0.235. The molecule has 0 aromatic rings. The fourth-order valence-electron chi connectivity index (χ4n) is 3.49. The molecule has 2 rings (SSSR count). The molecule has 0 aromatic carbocycles. The maximum absolute atomic E-state index is 6.61. The Labute approximate surface area is 120 Å². The normalized spacial score (nSPS) is 34.2. The highest BCUT2D eigenvalue weighted by atomic mass is 127. The molecule has 2 atom stereocenters. The maximum atomic E-state index is 6.61. The highest BCUT2D eigenvalue weighted by molar-refractivity contribution is 14.1. The summed E-state index contributed by atoms with van der Waals surface area (Å²) >= 11 is 2.55. The lowest BCUT2D eigenvalue weighted by atomic mass is 9.87. The summed E-state index contributed by atoms with van der Waals surface area (Å²) in [5.74, 6) is 0.880. The third-order valence-electron chi connectivity index (χ3n) is 4.56. The fraction of sp³-hybridized carbons (Fsp3) is 1.00. The van der Waals surface area contributed by atoms with Gasteiger partial charge < -0.3 is 4.74 Å². The van der Waals surface area contributed by atoms with E-state index in [0.29, 0.717) is 6.10 Å². The summed E-state index contributed by atoms with van der Waals surface area (Å²) in [6, 6.07) is 0. The first kappa shape index (κ1) is 14.1. The van der Waals surface area contributed by atoms with Gasteiger partial charge in [0.25, 0.3) is 0 Å². The molecular formula is C15H27IO. The van der Waals surface area contributed by atoms with Crippen molar-refractivity contribution >= 4 is 22.6 Å². The van der Waals surface area contributed by atoms with Gasteiger partial charge in [-0.3, -0.25) is 0 Å². The van der Waals surface area contributed by atoms with Gasteiger partial charge in [-0.2, -0.15) is 0 Å². The average Bonchev–Trinajstić information content (AvgIpc) is 2.55. The van der Waals surface area contributed by atoms with Crippen LogP contribution in [-0.2, 0) is 4.74 Å². The molecule has 2 saturated carbocycles. The quantitative estimate of drug-likeness (QED) is 0.390. The van der Waals surface area contributed by atoms with Crippen LogP contribution >= 0.6 is 22.6 Å². The van der Waals surface area contributed by atoms with Crippen molar-refractivity contribution in [2.24, 2.45) is 5.92 Å². The van der Waals surface area contributed by atoms with E-state index in [4.69, 9.17) is 4.74 Å². The molecule has 0 bridgehead atoms. The van der Waals surface area contributed by atoms with E-state index in [1.54, 1.807) is 0 Å². The van der Waals surface area contributed by atoms with Gasteiger partial charge in [-0.05, 0) is 31.6 Å². The predicted molar refractivity (Wildman–Crippen MR) is 81.8 cm³/mol. The van der Waals surface area contributed by atoms with E-state index in [2.05, 4.69) is 29.5 Å². The molecule has 100 valence electrons. The Bertz CT molecular complexity index is 221. The third kappa shape index (κ3) is 4.09. The molecule has 1 nitrogen and oxygen atoms in total. The molecule has 2 aliphatic carbocycles.